The minimum absolute atomic E-state index is 0.0753. The van der Waals surface area contributed by atoms with Crippen LogP contribution >= 0.6 is 11.3 Å². The molecule has 2 aliphatic carbocycles. The van der Waals surface area contributed by atoms with Crippen molar-refractivity contribution in [2.75, 3.05) is 0 Å². The van der Waals surface area contributed by atoms with E-state index in [1.807, 2.05) is 41.7 Å². The van der Waals surface area contributed by atoms with Gasteiger partial charge in [0, 0.05) is 26.3 Å². The molecular formula is C38H25N3S. The van der Waals surface area contributed by atoms with Crippen LogP contribution in [0.1, 0.15) is 51.5 Å². The molecule has 4 heteroatoms. The van der Waals surface area contributed by atoms with Crippen LogP contribution in [0.3, 0.4) is 0 Å². The van der Waals surface area contributed by atoms with Gasteiger partial charge in [-0.15, -0.1) is 11.3 Å². The Hall–Kier alpha value is -5.16. The molecule has 1 atom stereocenters. The Morgan fingerprint density at radius 2 is 1.60 bits per heavy atom. The third-order valence-electron chi connectivity index (χ3n) is 8.73. The first kappa shape index (κ1) is 24.6. The van der Waals surface area contributed by atoms with Crippen molar-refractivity contribution in [1.82, 2.24) is 4.57 Å². The number of allylic oxidation sites excluding steroid dienone is 5. The van der Waals surface area contributed by atoms with E-state index >= 15 is 0 Å². The lowest BCUT2D eigenvalue weighted by Crippen LogP contribution is -2.09. The molecule has 1 unspecified atom stereocenters. The average molecular weight is 556 g/mol. The number of nitrogens with zero attached hydrogens (tertiary/aromatic N) is 3. The van der Waals surface area contributed by atoms with Gasteiger partial charge in [0.2, 0.25) is 0 Å². The van der Waals surface area contributed by atoms with Crippen LogP contribution in [-0.2, 0) is 6.42 Å². The molecular weight excluding hydrogens is 531 g/mol. The molecule has 42 heavy (non-hydrogen) atoms. The van der Waals surface area contributed by atoms with Crippen molar-refractivity contribution in [3.63, 3.8) is 0 Å². The fraction of sp³-hybridized carbons (Fsp3) is 0.105. The van der Waals surface area contributed by atoms with Gasteiger partial charge < -0.3 is 4.57 Å². The molecule has 2 aliphatic rings. The molecule has 8 rings (SSSR count). The van der Waals surface area contributed by atoms with Gasteiger partial charge in [-0.25, -0.2) is 0 Å². The zero-order valence-electron chi connectivity index (χ0n) is 22.8. The Bertz CT molecular complexity index is 2200. The van der Waals surface area contributed by atoms with E-state index in [4.69, 9.17) is 0 Å². The van der Waals surface area contributed by atoms with Crippen molar-refractivity contribution in [1.29, 1.82) is 10.5 Å². The van der Waals surface area contributed by atoms with Gasteiger partial charge in [-0.2, -0.15) is 10.5 Å². The highest BCUT2D eigenvalue weighted by Gasteiger charge is 2.24. The van der Waals surface area contributed by atoms with Crippen LogP contribution in [0, 0.1) is 22.7 Å². The van der Waals surface area contributed by atoms with Crippen molar-refractivity contribution in [3.8, 4) is 17.8 Å². The van der Waals surface area contributed by atoms with E-state index in [0.717, 1.165) is 52.3 Å². The molecule has 4 aromatic carbocycles. The van der Waals surface area contributed by atoms with E-state index in [1.165, 1.54) is 31.7 Å². The summed E-state index contributed by atoms with van der Waals surface area (Å²) in [5, 5.41) is 24.0. The van der Waals surface area contributed by atoms with Crippen LogP contribution < -0.4 is 0 Å². The summed E-state index contributed by atoms with van der Waals surface area (Å²) in [6, 6.07) is 32.0. The second kappa shape index (κ2) is 9.74. The maximum absolute atomic E-state index is 10.4. The number of hydrogen-bond donors (Lipinski definition) is 0. The van der Waals surface area contributed by atoms with Gasteiger partial charge >= 0.3 is 0 Å². The predicted molar refractivity (Wildman–Crippen MR) is 174 cm³/mol. The summed E-state index contributed by atoms with van der Waals surface area (Å²) in [5.41, 5.74) is 8.70. The minimum Gasteiger partial charge on any atom is -0.308 e. The zero-order chi connectivity index (χ0) is 28.2. The van der Waals surface area contributed by atoms with E-state index in [2.05, 4.69) is 89.6 Å². The minimum atomic E-state index is 0.0753. The number of nitriles is 2. The summed E-state index contributed by atoms with van der Waals surface area (Å²) < 4.78 is 3.54. The first-order valence-corrected chi connectivity index (χ1v) is 15.1. The second-order valence-corrected chi connectivity index (χ2v) is 12.1. The molecule has 0 N–H and O–H groups in total. The summed E-state index contributed by atoms with van der Waals surface area (Å²) in [6.07, 6.45) is 14.4. The topological polar surface area (TPSA) is 52.5 Å². The Morgan fingerprint density at radius 1 is 0.810 bits per heavy atom. The normalized spacial score (nSPS) is 16.0. The number of para-hydroxylation sites is 2. The molecule has 0 radical (unpaired) electrons. The molecule has 3 nitrogen and oxygen atoms in total. The summed E-state index contributed by atoms with van der Waals surface area (Å²) in [5.74, 6) is 0.0753. The van der Waals surface area contributed by atoms with Gasteiger partial charge in [-0.1, -0.05) is 72.8 Å². The quantitative estimate of drug-likeness (QED) is 0.218. The fourth-order valence-corrected chi connectivity index (χ4v) is 7.90. The highest BCUT2D eigenvalue weighted by molar-refractivity contribution is 7.20. The lowest BCUT2D eigenvalue weighted by molar-refractivity contribution is 0.844. The molecule has 0 bridgehead atoms. The first-order valence-electron chi connectivity index (χ1n) is 14.3. The zero-order valence-corrected chi connectivity index (χ0v) is 23.7. The molecule has 198 valence electrons. The van der Waals surface area contributed by atoms with Gasteiger partial charge in [0.05, 0.1) is 27.8 Å². The third-order valence-corrected chi connectivity index (χ3v) is 9.91. The summed E-state index contributed by atoms with van der Waals surface area (Å²) in [6.45, 7) is 0. The number of aryl methyl sites for hydroxylation is 1. The van der Waals surface area contributed by atoms with Gasteiger partial charge in [0.15, 0.2) is 0 Å². The number of aromatic nitrogens is 1. The van der Waals surface area contributed by atoms with Crippen LogP contribution in [-0.4, -0.2) is 4.57 Å². The van der Waals surface area contributed by atoms with Gasteiger partial charge in [-0.05, 0) is 83.3 Å². The molecule has 0 aliphatic heterocycles. The van der Waals surface area contributed by atoms with Crippen LogP contribution in [0.5, 0.6) is 0 Å². The number of fused-ring (bicyclic) bond motifs is 6. The van der Waals surface area contributed by atoms with Crippen LogP contribution in [0.25, 0.3) is 49.2 Å². The van der Waals surface area contributed by atoms with Crippen molar-refractivity contribution < 1.29 is 0 Å². The SMILES string of the molecule is N#Cc1ccc(C2C=CC(c3ccc4sc5c(c4c3)CCC=C5)=CC2)c(-n2c3ccccc3c3ccccc32)c1C#N. The second-order valence-electron chi connectivity index (χ2n) is 11.0. The average Bonchev–Trinajstić information content (AvgIpc) is 3.59. The smallest absolute Gasteiger partial charge is 0.103 e. The van der Waals surface area contributed by atoms with E-state index in [9.17, 15) is 10.5 Å². The number of thiophene rings is 1. The first-order chi connectivity index (χ1) is 20.7. The highest BCUT2D eigenvalue weighted by atomic mass is 32.1. The number of benzene rings is 4. The fourth-order valence-electron chi connectivity index (χ4n) is 6.74. The Kier molecular flexibility index (Phi) is 5.71. The molecule has 0 saturated carbocycles. The lowest BCUT2D eigenvalue weighted by Gasteiger charge is -2.23. The van der Waals surface area contributed by atoms with Crippen molar-refractivity contribution in [3.05, 3.63) is 136 Å². The van der Waals surface area contributed by atoms with Gasteiger partial charge in [0.1, 0.15) is 12.1 Å². The Morgan fingerprint density at radius 3 is 2.31 bits per heavy atom. The Labute approximate surface area is 248 Å². The van der Waals surface area contributed by atoms with Crippen LogP contribution in [0.2, 0.25) is 0 Å². The molecule has 0 amide bonds. The summed E-state index contributed by atoms with van der Waals surface area (Å²) >= 11 is 1.88. The van der Waals surface area contributed by atoms with Crippen molar-refractivity contribution >= 4 is 54.9 Å². The molecule has 0 spiro atoms. The van der Waals surface area contributed by atoms with Crippen molar-refractivity contribution in [2.45, 2.75) is 25.2 Å². The van der Waals surface area contributed by atoms with E-state index in [1.54, 1.807) is 6.07 Å². The molecule has 0 fully saturated rings. The monoisotopic (exact) mass is 555 g/mol. The number of rotatable bonds is 3. The molecule has 2 heterocycles. The molecule has 6 aromatic rings. The maximum atomic E-state index is 10.4. The van der Waals surface area contributed by atoms with Crippen LogP contribution in [0.4, 0.5) is 0 Å². The summed E-state index contributed by atoms with van der Waals surface area (Å²) in [7, 11) is 0. The molecule has 0 saturated heterocycles. The lowest BCUT2D eigenvalue weighted by atomic mass is 9.85. The predicted octanol–water partition coefficient (Wildman–Crippen LogP) is 9.83. The van der Waals surface area contributed by atoms with Gasteiger partial charge in [0.25, 0.3) is 0 Å². The Balaban J connectivity index is 1.25. The van der Waals surface area contributed by atoms with E-state index in [-0.39, 0.29) is 5.92 Å². The standard InChI is InChI=1S/C38H25N3S/c39-22-27-17-19-28(38(33(27)23-40)41-34-10-4-1-7-29(34)30-8-2-5-11-35(30)41)25-15-13-24(14-16-25)26-18-20-37-32(21-26)31-9-3-6-12-36(31)42-37/h1-2,4-8,10-15,17-21,25H,3,9,16H2. The van der Waals surface area contributed by atoms with Crippen molar-refractivity contribution in [2.24, 2.45) is 0 Å². The van der Waals surface area contributed by atoms with E-state index < -0.39 is 0 Å². The van der Waals surface area contributed by atoms with E-state index in [0.29, 0.717) is 11.1 Å². The maximum Gasteiger partial charge on any atom is 0.103 e. The number of hydrogen-bond acceptors (Lipinski definition) is 3. The highest BCUT2D eigenvalue weighted by Crippen LogP contribution is 2.41. The summed E-state index contributed by atoms with van der Waals surface area (Å²) in [4.78, 5) is 1.40. The molecule has 2 aromatic heterocycles. The van der Waals surface area contributed by atoms with Gasteiger partial charge in [-0.3, -0.25) is 0 Å². The third kappa shape index (κ3) is 3.70. The largest absolute Gasteiger partial charge is 0.308 e. The van der Waals surface area contributed by atoms with Crippen LogP contribution in [0.15, 0.2) is 103 Å².